The molecule has 1 fully saturated rings. The lowest BCUT2D eigenvalue weighted by atomic mass is 9.96. The average Bonchev–Trinajstić information content (AvgIpc) is 3.34. The predicted molar refractivity (Wildman–Crippen MR) is 92.9 cm³/mol. The highest BCUT2D eigenvalue weighted by Gasteiger charge is 2.25. The Morgan fingerprint density at radius 2 is 1.96 bits per heavy atom. The van der Waals surface area contributed by atoms with Crippen molar-refractivity contribution in [3.63, 3.8) is 0 Å². The molecule has 0 spiro atoms. The molecule has 0 amide bonds. The van der Waals surface area contributed by atoms with Gasteiger partial charge in [0.15, 0.2) is 5.82 Å². The fourth-order valence-electron chi connectivity index (χ4n) is 3.54. The van der Waals surface area contributed by atoms with Crippen LogP contribution in [0.3, 0.4) is 0 Å². The number of imidazole rings is 2. The zero-order valence-corrected chi connectivity index (χ0v) is 14.8. The molecular formula is C17H24N8. The number of aromatic amines is 1. The maximum Gasteiger partial charge on any atom is 0.152 e. The van der Waals surface area contributed by atoms with Crippen LogP contribution < -0.4 is 0 Å². The molecule has 4 rings (SSSR count). The number of aryl methyl sites for hydroxylation is 1. The number of likely N-dealkylation sites (tertiary alicyclic amines) is 1. The highest BCUT2D eigenvalue weighted by atomic mass is 15.3. The van der Waals surface area contributed by atoms with E-state index >= 15 is 0 Å². The first-order valence-electron chi connectivity index (χ1n) is 8.77. The molecule has 4 heterocycles. The maximum atomic E-state index is 4.49. The Morgan fingerprint density at radius 3 is 2.64 bits per heavy atom. The number of H-pyrrole nitrogens is 1. The van der Waals surface area contributed by atoms with E-state index in [0.717, 1.165) is 55.8 Å². The Bertz CT molecular complexity index is 808. The van der Waals surface area contributed by atoms with Gasteiger partial charge in [0.2, 0.25) is 0 Å². The second kappa shape index (κ2) is 6.79. The van der Waals surface area contributed by atoms with E-state index in [1.54, 1.807) is 0 Å². The van der Waals surface area contributed by atoms with Crippen LogP contribution in [0.2, 0.25) is 0 Å². The number of piperidine rings is 1. The molecule has 3 aromatic rings. The summed E-state index contributed by atoms with van der Waals surface area (Å²) >= 11 is 0. The van der Waals surface area contributed by atoms with Crippen molar-refractivity contribution in [2.75, 3.05) is 13.1 Å². The molecule has 25 heavy (non-hydrogen) atoms. The van der Waals surface area contributed by atoms with Gasteiger partial charge in [-0.3, -0.25) is 4.90 Å². The van der Waals surface area contributed by atoms with Gasteiger partial charge in [-0.15, -0.1) is 10.2 Å². The highest BCUT2D eigenvalue weighted by molar-refractivity contribution is 5.05. The normalized spacial score (nSPS) is 16.6. The van der Waals surface area contributed by atoms with Gasteiger partial charge >= 0.3 is 0 Å². The molecule has 1 N–H and O–H groups in total. The van der Waals surface area contributed by atoms with Crippen molar-refractivity contribution < 1.29 is 0 Å². The van der Waals surface area contributed by atoms with Crippen LogP contribution >= 0.6 is 0 Å². The minimum Gasteiger partial charge on any atom is -0.348 e. The summed E-state index contributed by atoms with van der Waals surface area (Å²) in [6, 6.07) is 0. The zero-order valence-electron chi connectivity index (χ0n) is 14.8. The van der Waals surface area contributed by atoms with Crippen LogP contribution in [0.1, 0.15) is 42.1 Å². The van der Waals surface area contributed by atoms with Crippen LogP contribution in [0, 0.1) is 6.92 Å². The van der Waals surface area contributed by atoms with Gasteiger partial charge in [0.1, 0.15) is 17.5 Å². The SMILES string of the molecule is Cc1nccn1Cc1nnc(C2CCN(Cc3ncc[nH]3)CC2)n1C. The predicted octanol–water partition coefficient (Wildman–Crippen LogP) is 1.47. The van der Waals surface area contributed by atoms with E-state index in [0.29, 0.717) is 12.5 Å². The Balaban J connectivity index is 1.39. The average molecular weight is 340 g/mol. The summed E-state index contributed by atoms with van der Waals surface area (Å²) in [6.07, 6.45) is 9.71. The summed E-state index contributed by atoms with van der Waals surface area (Å²) in [7, 11) is 2.08. The molecular weight excluding hydrogens is 316 g/mol. The van der Waals surface area contributed by atoms with Crippen LogP contribution in [-0.4, -0.2) is 52.3 Å². The van der Waals surface area contributed by atoms with Crippen molar-refractivity contribution in [2.24, 2.45) is 7.05 Å². The van der Waals surface area contributed by atoms with Crippen molar-refractivity contribution in [3.8, 4) is 0 Å². The summed E-state index contributed by atoms with van der Waals surface area (Å²) in [5.41, 5.74) is 0. The molecule has 0 aromatic carbocycles. The molecule has 0 unspecified atom stereocenters. The largest absolute Gasteiger partial charge is 0.348 e. The third-order valence-corrected chi connectivity index (χ3v) is 5.12. The standard InChI is InChI=1S/C17H24N8/c1-13-18-7-10-25(13)12-16-21-22-17(23(16)2)14-3-8-24(9-4-14)11-15-19-5-6-20-15/h5-7,10,14H,3-4,8-9,11-12H2,1-2H3,(H,19,20). The molecule has 1 aliphatic rings. The molecule has 132 valence electrons. The van der Waals surface area contributed by atoms with E-state index in [-0.39, 0.29) is 0 Å². The van der Waals surface area contributed by atoms with E-state index in [1.165, 1.54) is 0 Å². The lowest BCUT2D eigenvalue weighted by molar-refractivity contribution is 0.196. The van der Waals surface area contributed by atoms with Gasteiger partial charge in [-0.05, 0) is 32.9 Å². The summed E-state index contributed by atoms with van der Waals surface area (Å²) in [5.74, 6) is 4.59. The van der Waals surface area contributed by atoms with Crippen LogP contribution in [0.15, 0.2) is 24.8 Å². The number of aromatic nitrogens is 7. The molecule has 1 aliphatic heterocycles. The number of nitrogens with zero attached hydrogens (tertiary/aromatic N) is 7. The summed E-state index contributed by atoms with van der Waals surface area (Å²) in [4.78, 5) is 14.2. The topological polar surface area (TPSA) is 80.5 Å². The van der Waals surface area contributed by atoms with Crippen LogP contribution in [0.25, 0.3) is 0 Å². The molecule has 0 radical (unpaired) electrons. The molecule has 0 atom stereocenters. The molecule has 3 aromatic heterocycles. The molecule has 8 nitrogen and oxygen atoms in total. The van der Waals surface area contributed by atoms with E-state index in [9.17, 15) is 0 Å². The van der Waals surface area contributed by atoms with Crippen molar-refractivity contribution in [1.29, 1.82) is 0 Å². The first kappa shape index (κ1) is 16.0. The molecule has 1 saturated heterocycles. The Hall–Kier alpha value is -2.48. The van der Waals surface area contributed by atoms with E-state index < -0.39 is 0 Å². The van der Waals surface area contributed by atoms with Gasteiger partial charge < -0.3 is 14.1 Å². The zero-order chi connectivity index (χ0) is 17.2. The first-order chi connectivity index (χ1) is 12.2. The van der Waals surface area contributed by atoms with Crippen molar-refractivity contribution in [3.05, 3.63) is 48.1 Å². The number of hydrogen-bond acceptors (Lipinski definition) is 5. The highest BCUT2D eigenvalue weighted by Crippen LogP contribution is 2.27. The Kier molecular flexibility index (Phi) is 4.35. The van der Waals surface area contributed by atoms with Gasteiger partial charge in [-0.2, -0.15) is 0 Å². The minimum atomic E-state index is 0.475. The number of rotatable bonds is 5. The van der Waals surface area contributed by atoms with Crippen molar-refractivity contribution >= 4 is 0 Å². The molecule has 0 aliphatic carbocycles. The second-order valence-corrected chi connectivity index (χ2v) is 6.72. The third kappa shape index (κ3) is 3.34. The Labute approximate surface area is 146 Å². The van der Waals surface area contributed by atoms with Gasteiger partial charge in [-0.1, -0.05) is 0 Å². The summed E-state index contributed by atoms with van der Waals surface area (Å²) < 4.78 is 4.26. The quantitative estimate of drug-likeness (QED) is 0.761. The Morgan fingerprint density at radius 1 is 1.12 bits per heavy atom. The molecule has 0 saturated carbocycles. The van der Waals surface area contributed by atoms with Crippen molar-refractivity contribution in [2.45, 2.75) is 38.8 Å². The maximum absolute atomic E-state index is 4.49. The monoisotopic (exact) mass is 340 g/mol. The first-order valence-corrected chi connectivity index (χ1v) is 8.77. The number of nitrogens with one attached hydrogen (secondary N) is 1. The summed E-state index contributed by atoms with van der Waals surface area (Å²) in [5, 5.41) is 8.92. The third-order valence-electron chi connectivity index (χ3n) is 5.12. The van der Waals surface area contributed by atoms with Gasteiger partial charge in [0.05, 0.1) is 13.1 Å². The second-order valence-electron chi connectivity index (χ2n) is 6.72. The number of hydrogen-bond donors (Lipinski definition) is 1. The molecule has 0 bridgehead atoms. The fraction of sp³-hybridized carbons (Fsp3) is 0.529. The van der Waals surface area contributed by atoms with Crippen LogP contribution in [0.4, 0.5) is 0 Å². The lowest BCUT2D eigenvalue weighted by Gasteiger charge is -2.30. The minimum absolute atomic E-state index is 0.475. The van der Waals surface area contributed by atoms with Crippen molar-refractivity contribution in [1.82, 2.24) is 39.2 Å². The summed E-state index contributed by atoms with van der Waals surface area (Å²) in [6.45, 7) is 5.74. The fourth-order valence-corrected chi connectivity index (χ4v) is 3.54. The van der Waals surface area contributed by atoms with E-state index in [2.05, 4.69) is 46.2 Å². The van der Waals surface area contributed by atoms with Gasteiger partial charge in [0.25, 0.3) is 0 Å². The van der Waals surface area contributed by atoms with Gasteiger partial charge in [0, 0.05) is 37.8 Å². The lowest BCUT2D eigenvalue weighted by Crippen LogP contribution is -2.33. The van der Waals surface area contributed by atoms with Gasteiger partial charge in [-0.25, -0.2) is 9.97 Å². The smallest absolute Gasteiger partial charge is 0.152 e. The van der Waals surface area contributed by atoms with E-state index in [1.807, 2.05) is 31.7 Å². The molecule has 8 heteroatoms. The van der Waals surface area contributed by atoms with E-state index in [4.69, 9.17) is 0 Å². The van der Waals surface area contributed by atoms with Crippen LogP contribution in [0.5, 0.6) is 0 Å². The van der Waals surface area contributed by atoms with Crippen LogP contribution in [-0.2, 0) is 20.1 Å².